The van der Waals surface area contributed by atoms with E-state index in [0.717, 1.165) is 22.7 Å². The van der Waals surface area contributed by atoms with E-state index < -0.39 is 18.6 Å². The topological polar surface area (TPSA) is 100 Å². The fraction of sp³-hybridized carbons (Fsp3) is 0.118. The molecule has 2 amide bonds. The number of amides is 2. The van der Waals surface area contributed by atoms with Gasteiger partial charge in [0.2, 0.25) is 0 Å². The lowest BCUT2D eigenvalue weighted by Crippen LogP contribution is -2.24. The summed E-state index contributed by atoms with van der Waals surface area (Å²) in [7, 11) is 0. The second-order valence-electron chi connectivity index (χ2n) is 5.28. The van der Waals surface area contributed by atoms with E-state index in [1.54, 1.807) is 18.2 Å². The number of carbonyl (C=O) groups is 2. The van der Waals surface area contributed by atoms with E-state index in [-0.39, 0.29) is 0 Å². The Balaban J connectivity index is 1.97. The number of halogens is 3. The number of carboxylic acid groups (broad SMARTS) is 1. The number of carbonyl (C=O) groups excluding carboxylic acids is 1. The minimum atomic E-state index is -1.04. The Morgan fingerprint density at radius 3 is 2.52 bits per heavy atom. The molecule has 0 unspecified atom stereocenters. The molecule has 0 aromatic heterocycles. The van der Waals surface area contributed by atoms with Crippen molar-refractivity contribution < 1.29 is 19.4 Å². The summed E-state index contributed by atoms with van der Waals surface area (Å²) >= 11 is 7.52. The predicted molar refractivity (Wildman–Crippen MR) is 124 cm³/mol. The third-order valence-electron chi connectivity index (χ3n) is 3.16. The largest absolute Gasteiger partial charge is 0.480 e. The molecule has 2 aromatic carbocycles. The molecule has 0 aliphatic heterocycles. The van der Waals surface area contributed by atoms with Crippen LogP contribution < -0.4 is 15.5 Å². The van der Waals surface area contributed by atoms with Gasteiger partial charge in [-0.25, -0.2) is 15.0 Å². The molecule has 0 fully saturated rings. The fourth-order valence-electron chi connectivity index (χ4n) is 1.97. The maximum atomic E-state index is 11.9. The molecule has 10 heteroatoms. The highest BCUT2D eigenvalue weighted by molar-refractivity contribution is 14.1. The van der Waals surface area contributed by atoms with Crippen molar-refractivity contribution in [1.82, 2.24) is 5.43 Å². The Kier molecular flexibility index (Phi) is 8.28. The van der Waals surface area contributed by atoms with Gasteiger partial charge in [-0.1, -0.05) is 15.9 Å². The number of hydrazone groups is 1. The van der Waals surface area contributed by atoms with E-state index in [4.69, 9.17) is 9.84 Å². The SMILES string of the molecule is Cc1cc(NC(=O)N/N=C/c2cc(I)c(OCC(=O)O)c(I)c2)ccc1Br. The van der Waals surface area contributed by atoms with Crippen LogP contribution in [0.4, 0.5) is 10.5 Å². The molecule has 0 saturated carbocycles. The zero-order valence-corrected chi connectivity index (χ0v) is 19.8. The molecule has 0 aliphatic rings. The molecule has 0 aliphatic carbocycles. The van der Waals surface area contributed by atoms with E-state index in [0.29, 0.717) is 11.4 Å². The number of benzene rings is 2. The summed E-state index contributed by atoms with van der Waals surface area (Å²) in [6, 6.07) is 8.57. The smallest absolute Gasteiger partial charge is 0.341 e. The van der Waals surface area contributed by atoms with Crippen molar-refractivity contribution in [3.63, 3.8) is 0 Å². The van der Waals surface area contributed by atoms with E-state index in [1.807, 2.05) is 19.1 Å². The maximum Gasteiger partial charge on any atom is 0.341 e. The van der Waals surface area contributed by atoms with Gasteiger partial charge in [0.15, 0.2) is 6.61 Å². The third kappa shape index (κ3) is 6.92. The zero-order chi connectivity index (χ0) is 20.0. The Morgan fingerprint density at radius 1 is 1.26 bits per heavy atom. The molecule has 142 valence electrons. The van der Waals surface area contributed by atoms with Crippen molar-refractivity contribution in [3.05, 3.63) is 53.1 Å². The summed E-state index contributed by atoms with van der Waals surface area (Å²) in [5.74, 6) is -0.532. The molecule has 0 radical (unpaired) electrons. The quantitative estimate of drug-likeness (QED) is 0.241. The highest BCUT2D eigenvalue weighted by Crippen LogP contribution is 2.28. The number of carboxylic acids is 1. The average molecular weight is 658 g/mol. The van der Waals surface area contributed by atoms with Gasteiger partial charge < -0.3 is 15.2 Å². The fourth-order valence-corrected chi connectivity index (χ4v) is 4.35. The number of rotatable bonds is 6. The van der Waals surface area contributed by atoms with Gasteiger partial charge in [-0.15, -0.1) is 0 Å². The summed E-state index contributed by atoms with van der Waals surface area (Å²) in [6.07, 6.45) is 1.50. The number of aliphatic carboxylic acids is 1. The van der Waals surface area contributed by atoms with Gasteiger partial charge in [0.1, 0.15) is 5.75 Å². The number of hydrogen-bond acceptors (Lipinski definition) is 4. The van der Waals surface area contributed by atoms with Gasteiger partial charge in [-0.05, 0) is 93.6 Å². The molecule has 2 rings (SSSR count). The third-order valence-corrected chi connectivity index (χ3v) is 5.65. The highest BCUT2D eigenvalue weighted by atomic mass is 127. The Hall–Kier alpha value is -1.41. The molecule has 2 aromatic rings. The van der Waals surface area contributed by atoms with Gasteiger partial charge in [0.25, 0.3) is 0 Å². The van der Waals surface area contributed by atoms with E-state index in [2.05, 4.69) is 77.0 Å². The number of ether oxygens (including phenoxy) is 1. The molecule has 0 saturated heterocycles. The van der Waals surface area contributed by atoms with E-state index >= 15 is 0 Å². The van der Waals surface area contributed by atoms with Crippen LogP contribution in [0.25, 0.3) is 0 Å². The van der Waals surface area contributed by atoms with Gasteiger partial charge in [-0.3, -0.25) is 0 Å². The van der Waals surface area contributed by atoms with Gasteiger partial charge in [-0.2, -0.15) is 5.10 Å². The molecular formula is C17H14BrI2N3O4. The monoisotopic (exact) mass is 657 g/mol. The second kappa shape index (κ2) is 10.2. The van der Waals surface area contributed by atoms with Crippen molar-refractivity contribution in [2.24, 2.45) is 5.10 Å². The lowest BCUT2D eigenvalue weighted by atomic mass is 10.2. The summed E-state index contributed by atoms with van der Waals surface area (Å²) in [4.78, 5) is 22.5. The molecular weight excluding hydrogens is 644 g/mol. The summed E-state index contributed by atoms with van der Waals surface area (Å²) in [5.41, 5.74) is 4.81. The minimum Gasteiger partial charge on any atom is -0.480 e. The van der Waals surface area contributed by atoms with Crippen LogP contribution in [0, 0.1) is 14.1 Å². The zero-order valence-electron chi connectivity index (χ0n) is 13.9. The van der Waals surface area contributed by atoms with Crippen LogP contribution in [0.5, 0.6) is 5.75 Å². The van der Waals surface area contributed by atoms with Crippen molar-refractivity contribution in [2.45, 2.75) is 6.92 Å². The number of nitrogens with zero attached hydrogens (tertiary/aromatic N) is 1. The lowest BCUT2D eigenvalue weighted by Gasteiger charge is -2.09. The van der Waals surface area contributed by atoms with Crippen molar-refractivity contribution in [3.8, 4) is 5.75 Å². The van der Waals surface area contributed by atoms with Crippen LogP contribution >= 0.6 is 61.1 Å². The van der Waals surface area contributed by atoms with Crippen LogP contribution in [0.15, 0.2) is 39.9 Å². The average Bonchev–Trinajstić information content (AvgIpc) is 2.57. The predicted octanol–water partition coefficient (Wildman–Crippen LogP) is 4.59. The Morgan fingerprint density at radius 2 is 1.93 bits per heavy atom. The Bertz CT molecular complexity index is 883. The van der Waals surface area contributed by atoms with E-state index in [1.165, 1.54) is 6.21 Å². The van der Waals surface area contributed by atoms with Crippen molar-refractivity contribution in [2.75, 3.05) is 11.9 Å². The first-order valence-electron chi connectivity index (χ1n) is 7.46. The van der Waals surface area contributed by atoms with Crippen LogP contribution in [0.3, 0.4) is 0 Å². The first-order valence-corrected chi connectivity index (χ1v) is 10.4. The number of anilines is 1. The highest BCUT2D eigenvalue weighted by Gasteiger charge is 2.10. The molecule has 0 bridgehead atoms. The lowest BCUT2D eigenvalue weighted by molar-refractivity contribution is -0.139. The number of nitrogens with one attached hydrogen (secondary N) is 2. The number of hydrogen-bond donors (Lipinski definition) is 3. The van der Waals surface area contributed by atoms with Crippen molar-refractivity contribution >= 4 is 85.0 Å². The normalized spacial score (nSPS) is 10.7. The van der Waals surface area contributed by atoms with Gasteiger partial charge >= 0.3 is 12.0 Å². The van der Waals surface area contributed by atoms with Crippen LogP contribution in [0.2, 0.25) is 0 Å². The van der Waals surface area contributed by atoms with Gasteiger partial charge in [0, 0.05) is 10.2 Å². The molecule has 3 N–H and O–H groups in total. The Labute approximate surface area is 191 Å². The standard InChI is InChI=1S/C17H14BrI2N3O4/c1-9-4-11(2-3-12(9)18)22-17(26)23-21-7-10-5-13(19)16(14(20)6-10)27-8-15(24)25/h2-7H,8H2,1H3,(H,24,25)(H2,22,23,26)/b21-7+. The molecule has 7 nitrogen and oxygen atoms in total. The molecule has 0 atom stereocenters. The first-order chi connectivity index (χ1) is 12.8. The number of urea groups is 1. The van der Waals surface area contributed by atoms with Crippen LogP contribution in [-0.4, -0.2) is 29.9 Å². The van der Waals surface area contributed by atoms with Crippen LogP contribution in [-0.2, 0) is 4.79 Å². The minimum absolute atomic E-state index is 0.406. The molecule has 0 heterocycles. The van der Waals surface area contributed by atoms with Crippen molar-refractivity contribution in [1.29, 1.82) is 0 Å². The molecule has 27 heavy (non-hydrogen) atoms. The summed E-state index contributed by atoms with van der Waals surface area (Å²) in [5, 5.41) is 15.3. The number of aryl methyl sites for hydroxylation is 1. The van der Waals surface area contributed by atoms with E-state index in [9.17, 15) is 9.59 Å². The maximum absolute atomic E-state index is 11.9. The second-order valence-corrected chi connectivity index (χ2v) is 8.46. The van der Waals surface area contributed by atoms with Gasteiger partial charge in [0.05, 0.1) is 13.4 Å². The summed E-state index contributed by atoms with van der Waals surface area (Å²) < 4.78 is 7.73. The summed E-state index contributed by atoms with van der Waals surface area (Å²) in [6.45, 7) is 1.52. The first kappa shape index (κ1) is 21.9. The molecule has 0 spiro atoms. The van der Waals surface area contributed by atoms with Crippen LogP contribution in [0.1, 0.15) is 11.1 Å².